The minimum Gasteiger partial charge on any atom is -0.310 e. The standard InChI is InChI=1S/C13H15NOS/c1-9(15)12(14-2)7-10-8-16-13-6-4-3-5-11(10)13/h3-6,8,12,14H,7H2,1-2H3/t12-/m0/s1. The zero-order chi connectivity index (χ0) is 11.5. The van der Waals surface area contributed by atoms with Crippen molar-refractivity contribution in [3.8, 4) is 0 Å². The van der Waals surface area contributed by atoms with E-state index in [1.807, 2.05) is 19.2 Å². The third kappa shape index (κ3) is 2.15. The Kier molecular flexibility index (Phi) is 3.36. The number of thiophene rings is 1. The first-order chi connectivity index (χ1) is 7.72. The second-order valence-corrected chi connectivity index (χ2v) is 4.82. The first-order valence-electron chi connectivity index (χ1n) is 5.35. The van der Waals surface area contributed by atoms with Gasteiger partial charge in [0, 0.05) is 4.70 Å². The highest BCUT2D eigenvalue weighted by atomic mass is 32.1. The minimum absolute atomic E-state index is 0.0713. The van der Waals surface area contributed by atoms with Crippen LogP contribution in [0.25, 0.3) is 10.1 Å². The van der Waals surface area contributed by atoms with E-state index in [9.17, 15) is 4.79 Å². The van der Waals surface area contributed by atoms with Crippen LogP contribution in [0.2, 0.25) is 0 Å². The molecule has 1 N–H and O–H groups in total. The molecule has 3 heteroatoms. The lowest BCUT2D eigenvalue weighted by atomic mass is 10.0. The predicted octanol–water partition coefficient (Wildman–Crippen LogP) is 2.62. The van der Waals surface area contributed by atoms with E-state index in [-0.39, 0.29) is 11.8 Å². The van der Waals surface area contributed by atoms with E-state index in [1.54, 1.807) is 18.3 Å². The summed E-state index contributed by atoms with van der Waals surface area (Å²) in [5, 5.41) is 6.48. The van der Waals surface area contributed by atoms with Crippen molar-refractivity contribution in [2.45, 2.75) is 19.4 Å². The van der Waals surface area contributed by atoms with Gasteiger partial charge >= 0.3 is 0 Å². The number of carbonyl (C=O) groups excluding carboxylic acids is 1. The van der Waals surface area contributed by atoms with E-state index >= 15 is 0 Å². The van der Waals surface area contributed by atoms with Crippen molar-refractivity contribution in [2.24, 2.45) is 0 Å². The van der Waals surface area contributed by atoms with Crippen molar-refractivity contribution in [2.75, 3.05) is 7.05 Å². The molecule has 0 aliphatic carbocycles. The molecule has 0 saturated heterocycles. The van der Waals surface area contributed by atoms with Crippen LogP contribution in [0.1, 0.15) is 12.5 Å². The molecule has 0 amide bonds. The average Bonchev–Trinajstić information content (AvgIpc) is 2.69. The largest absolute Gasteiger partial charge is 0.310 e. The summed E-state index contributed by atoms with van der Waals surface area (Å²) >= 11 is 1.74. The predicted molar refractivity (Wildman–Crippen MR) is 69.1 cm³/mol. The number of nitrogens with one attached hydrogen (secondary N) is 1. The Labute approximate surface area is 99.3 Å². The zero-order valence-electron chi connectivity index (χ0n) is 9.49. The zero-order valence-corrected chi connectivity index (χ0v) is 10.3. The molecule has 0 radical (unpaired) electrons. The molecule has 2 aromatic rings. The molecule has 0 aliphatic heterocycles. The number of fused-ring (bicyclic) bond motifs is 1. The van der Waals surface area contributed by atoms with Crippen molar-refractivity contribution in [1.82, 2.24) is 5.32 Å². The fourth-order valence-electron chi connectivity index (χ4n) is 1.86. The molecule has 0 bridgehead atoms. The normalized spacial score (nSPS) is 12.9. The van der Waals surface area contributed by atoms with E-state index in [2.05, 4.69) is 22.8 Å². The number of hydrogen-bond donors (Lipinski definition) is 1. The van der Waals surface area contributed by atoms with E-state index in [1.165, 1.54) is 15.6 Å². The Morgan fingerprint density at radius 3 is 2.88 bits per heavy atom. The third-order valence-corrected chi connectivity index (χ3v) is 3.84. The van der Waals surface area contributed by atoms with Gasteiger partial charge in [0.15, 0.2) is 0 Å². The number of hydrogen-bond acceptors (Lipinski definition) is 3. The summed E-state index contributed by atoms with van der Waals surface area (Å²) in [4.78, 5) is 11.4. The van der Waals surface area contributed by atoms with Crippen LogP contribution in [0.3, 0.4) is 0 Å². The number of benzene rings is 1. The lowest BCUT2D eigenvalue weighted by Gasteiger charge is -2.11. The molecule has 0 unspecified atom stereocenters. The summed E-state index contributed by atoms with van der Waals surface area (Å²) in [5.41, 5.74) is 1.26. The van der Waals surface area contributed by atoms with E-state index in [0.29, 0.717) is 0 Å². The van der Waals surface area contributed by atoms with Gasteiger partial charge < -0.3 is 5.32 Å². The van der Waals surface area contributed by atoms with Crippen LogP contribution in [0.5, 0.6) is 0 Å². The molecular weight excluding hydrogens is 218 g/mol. The molecule has 1 heterocycles. The summed E-state index contributed by atoms with van der Waals surface area (Å²) in [6.45, 7) is 1.63. The molecule has 2 rings (SSSR count). The van der Waals surface area contributed by atoms with E-state index < -0.39 is 0 Å². The molecule has 1 atom stereocenters. The molecule has 1 aromatic carbocycles. The Balaban J connectivity index is 2.30. The number of carbonyl (C=O) groups is 1. The molecule has 16 heavy (non-hydrogen) atoms. The maximum atomic E-state index is 11.4. The summed E-state index contributed by atoms with van der Waals surface area (Å²) < 4.78 is 1.29. The Morgan fingerprint density at radius 2 is 2.19 bits per heavy atom. The smallest absolute Gasteiger partial charge is 0.147 e. The van der Waals surface area contributed by atoms with Crippen molar-refractivity contribution in [3.63, 3.8) is 0 Å². The highest BCUT2D eigenvalue weighted by Crippen LogP contribution is 2.26. The first-order valence-corrected chi connectivity index (χ1v) is 6.23. The SMILES string of the molecule is CN[C@@H](Cc1csc2ccccc12)C(C)=O. The highest BCUT2D eigenvalue weighted by molar-refractivity contribution is 7.17. The summed E-state index contributed by atoms with van der Waals surface area (Å²) in [6, 6.07) is 8.25. The molecular formula is C13H15NOS. The second-order valence-electron chi connectivity index (χ2n) is 3.91. The molecule has 1 aromatic heterocycles. The van der Waals surface area contributed by atoms with Gasteiger partial charge in [-0.3, -0.25) is 4.79 Å². The molecule has 0 saturated carbocycles. The van der Waals surface area contributed by atoms with Crippen LogP contribution in [0.15, 0.2) is 29.6 Å². The van der Waals surface area contributed by atoms with Crippen LogP contribution in [-0.2, 0) is 11.2 Å². The van der Waals surface area contributed by atoms with Crippen LogP contribution in [0.4, 0.5) is 0 Å². The fraction of sp³-hybridized carbons (Fsp3) is 0.308. The minimum atomic E-state index is -0.0713. The second kappa shape index (κ2) is 4.76. The summed E-state index contributed by atoms with van der Waals surface area (Å²) in [5.74, 6) is 0.192. The van der Waals surface area contributed by atoms with Gasteiger partial charge in [-0.05, 0) is 42.8 Å². The molecule has 0 fully saturated rings. The van der Waals surface area contributed by atoms with Crippen molar-refractivity contribution in [1.29, 1.82) is 0 Å². The van der Waals surface area contributed by atoms with Crippen LogP contribution in [-0.4, -0.2) is 18.9 Å². The van der Waals surface area contributed by atoms with Gasteiger partial charge in [-0.1, -0.05) is 18.2 Å². The molecule has 0 spiro atoms. The Hall–Kier alpha value is -1.19. The van der Waals surface area contributed by atoms with Gasteiger partial charge in [-0.2, -0.15) is 0 Å². The fourth-order valence-corrected chi connectivity index (χ4v) is 2.84. The quantitative estimate of drug-likeness (QED) is 0.879. The maximum Gasteiger partial charge on any atom is 0.147 e. The number of Topliss-reactive ketones (excluding diaryl/α,β-unsaturated/α-hetero) is 1. The summed E-state index contributed by atoms with van der Waals surface area (Å²) in [7, 11) is 1.83. The number of rotatable bonds is 4. The Morgan fingerprint density at radius 1 is 1.44 bits per heavy atom. The van der Waals surface area contributed by atoms with Crippen LogP contribution in [0, 0.1) is 0 Å². The highest BCUT2D eigenvalue weighted by Gasteiger charge is 2.14. The van der Waals surface area contributed by atoms with Gasteiger partial charge in [-0.25, -0.2) is 0 Å². The van der Waals surface area contributed by atoms with Gasteiger partial charge in [0.2, 0.25) is 0 Å². The number of likely N-dealkylation sites (N-methyl/N-ethyl adjacent to an activating group) is 1. The maximum absolute atomic E-state index is 11.4. The molecule has 0 aliphatic rings. The topological polar surface area (TPSA) is 29.1 Å². The van der Waals surface area contributed by atoms with Gasteiger partial charge in [0.1, 0.15) is 5.78 Å². The van der Waals surface area contributed by atoms with Gasteiger partial charge in [0.05, 0.1) is 6.04 Å². The average molecular weight is 233 g/mol. The van der Waals surface area contributed by atoms with Crippen molar-refractivity contribution < 1.29 is 4.79 Å². The van der Waals surface area contributed by atoms with E-state index in [0.717, 1.165) is 6.42 Å². The number of ketones is 1. The van der Waals surface area contributed by atoms with Gasteiger partial charge in [-0.15, -0.1) is 11.3 Å². The first kappa shape index (κ1) is 11.3. The molecule has 2 nitrogen and oxygen atoms in total. The monoisotopic (exact) mass is 233 g/mol. The van der Waals surface area contributed by atoms with E-state index in [4.69, 9.17) is 0 Å². The van der Waals surface area contributed by atoms with Crippen LogP contribution < -0.4 is 5.32 Å². The summed E-state index contributed by atoms with van der Waals surface area (Å²) in [6.07, 6.45) is 0.774. The third-order valence-electron chi connectivity index (χ3n) is 2.82. The van der Waals surface area contributed by atoms with Crippen LogP contribution >= 0.6 is 11.3 Å². The van der Waals surface area contributed by atoms with Crippen molar-refractivity contribution >= 4 is 27.2 Å². The Bertz CT molecular complexity index is 503. The lowest BCUT2D eigenvalue weighted by Crippen LogP contribution is -2.34. The van der Waals surface area contributed by atoms with Crippen molar-refractivity contribution in [3.05, 3.63) is 35.2 Å². The van der Waals surface area contributed by atoms with Gasteiger partial charge in [0.25, 0.3) is 0 Å². The molecule has 84 valence electrons. The lowest BCUT2D eigenvalue weighted by molar-refractivity contribution is -0.118.